The largest absolute Gasteiger partial charge is 0.381 e. The van der Waals surface area contributed by atoms with E-state index in [9.17, 15) is 4.79 Å². The maximum Gasteiger partial charge on any atom is 0.254 e. The molecule has 0 spiro atoms. The second kappa shape index (κ2) is 4.14. The van der Waals surface area contributed by atoms with Crippen molar-refractivity contribution in [1.82, 2.24) is 4.34 Å². The average molecular weight is 222 g/mol. The molecule has 0 radical (unpaired) electrons. The summed E-state index contributed by atoms with van der Waals surface area (Å²) in [6.45, 7) is 1.22. The highest BCUT2D eigenvalue weighted by Crippen LogP contribution is 2.18. The van der Waals surface area contributed by atoms with Crippen LogP contribution in [0.3, 0.4) is 0 Å². The Morgan fingerprint density at radius 3 is 2.93 bits per heavy atom. The zero-order valence-electron chi connectivity index (χ0n) is 8.19. The van der Waals surface area contributed by atoms with E-state index in [0.717, 1.165) is 11.3 Å². The Kier molecular flexibility index (Phi) is 2.86. The lowest BCUT2D eigenvalue weighted by Gasteiger charge is -2.11. The molecule has 1 atom stereocenters. The molecule has 4 nitrogen and oxygen atoms in total. The zero-order chi connectivity index (χ0) is 10.8. The minimum absolute atomic E-state index is 0.155. The molecule has 0 aliphatic carbocycles. The van der Waals surface area contributed by atoms with Crippen LogP contribution < -0.4 is 5.56 Å². The highest BCUT2D eigenvalue weighted by Gasteiger charge is 2.16. The summed E-state index contributed by atoms with van der Waals surface area (Å²) < 4.78 is 6.87. The van der Waals surface area contributed by atoms with Gasteiger partial charge in [-0.25, -0.2) is 0 Å². The van der Waals surface area contributed by atoms with E-state index in [0.29, 0.717) is 31.6 Å². The van der Waals surface area contributed by atoms with Crippen LogP contribution in [0.1, 0.15) is 16.8 Å². The number of ether oxygens (including phenoxy) is 1. The van der Waals surface area contributed by atoms with Gasteiger partial charge >= 0.3 is 0 Å². The molecule has 1 aromatic heterocycles. The Morgan fingerprint density at radius 1 is 1.47 bits per heavy atom. The van der Waals surface area contributed by atoms with E-state index in [2.05, 4.69) is 15.5 Å². The molecule has 1 aliphatic rings. The number of rotatable bonds is 0. The van der Waals surface area contributed by atoms with Crippen molar-refractivity contribution in [3.63, 3.8) is 0 Å². The summed E-state index contributed by atoms with van der Waals surface area (Å²) >= 11 is 0. The number of hydrogen-bond donors (Lipinski definition) is 0. The molecule has 0 saturated heterocycles. The third-order valence-electron chi connectivity index (χ3n) is 2.57. The van der Waals surface area contributed by atoms with Gasteiger partial charge in [0.25, 0.3) is 5.56 Å². The minimum Gasteiger partial charge on any atom is -0.381 e. The van der Waals surface area contributed by atoms with Crippen LogP contribution in [0.25, 0.3) is 0 Å². The van der Waals surface area contributed by atoms with Crippen molar-refractivity contribution < 1.29 is 4.74 Å². The van der Waals surface area contributed by atoms with Gasteiger partial charge in [-0.05, 0) is 21.4 Å². The molecule has 0 aromatic carbocycles. The van der Waals surface area contributed by atoms with Crippen molar-refractivity contribution in [1.29, 1.82) is 5.26 Å². The molecule has 0 bridgehead atoms. The molecule has 2 rings (SSSR count). The SMILES string of the molecule is N#Cc1cc(=O)n(P)c2c1CCOCC2. The van der Waals surface area contributed by atoms with Crippen LogP contribution in [0.5, 0.6) is 0 Å². The zero-order valence-corrected chi connectivity index (χ0v) is 9.35. The quantitative estimate of drug-likeness (QED) is 0.600. The molecular formula is C10H11N2O2P. The van der Waals surface area contributed by atoms with E-state index in [1.807, 2.05) is 0 Å². The molecule has 1 aliphatic heterocycles. The van der Waals surface area contributed by atoms with Crippen molar-refractivity contribution in [2.75, 3.05) is 13.2 Å². The van der Waals surface area contributed by atoms with E-state index < -0.39 is 0 Å². The summed E-state index contributed by atoms with van der Waals surface area (Å²) in [6, 6.07) is 3.46. The first-order valence-corrected chi connectivity index (χ1v) is 5.26. The molecule has 1 unspecified atom stereocenters. The highest BCUT2D eigenvalue weighted by atomic mass is 31.0. The number of nitriles is 1. The average Bonchev–Trinajstić information content (AvgIpc) is 2.49. The molecule has 0 amide bonds. The van der Waals surface area contributed by atoms with Crippen LogP contribution in [0, 0.1) is 11.3 Å². The summed E-state index contributed by atoms with van der Waals surface area (Å²) in [7, 11) is 2.39. The van der Waals surface area contributed by atoms with E-state index in [-0.39, 0.29) is 5.56 Å². The molecule has 5 heteroatoms. The predicted molar refractivity (Wildman–Crippen MR) is 58.8 cm³/mol. The molecule has 0 fully saturated rings. The Balaban J connectivity index is 2.69. The fourth-order valence-electron chi connectivity index (χ4n) is 1.81. The van der Waals surface area contributed by atoms with E-state index in [1.54, 1.807) is 0 Å². The Hall–Kier alpha value is -1.17. The van der Waals surface area contributed by atoms with Crippen molar-refractivity contribution in [3.05, 3.63) is 33.2 Å². The van der Waals surface area contributed by atoms with Gasteiger partial charge in [0.2, 0.25) is 0 Å². The van der Waals surface area contributed by atoms with Crippen molar-refractivity contribution in [2.24, 2.45) is 0 Å². The molecule has 0 N–H and O–H groups in total. The van der Waals surface area contributed by atoms with Crippen LogP contribution in [0.15, 0.2) is 10.9 Å². The number of hydrogen-bond acceptors (Lipinski definition) is 3. The van der Waals surface area contributed by atoms with Gasteiger partial charge in [-0.1, -0.05) is 0 Å². The van der Waals surface area contributed by atoms with Crippen LogP contribution in [-0.4, -0.2) is 17.6 Å². The van der Waals surface area contributed by atoms with Crippen molar-refractivity contribution in [3.8, 4) is 6.07 Å². The van der Waals surface area contributed by atoms with Crippen LogP contribution >= 0.6 is 9.39 Å². The van der Waals surface area contributed by atoms with E-state index >= 15 is 0 Å². The van der Waals surface area contributed by atoms with E-state index in [4.69, 9.17) is 10.00 Å². The van der Waals surface area contributed by atoms with Gasteiger partial charge in [-0.15, -0.1) is 0 Å². The van der Waals surface area contributed by atoms with Gasteiger partial charge in [-0.3, -0.25) is 9.13 Å². The van der Waals surface area contributed by atoms with Crippen molar-refractivity contribution in [2.45, 2.75) is 12.8 Å². The van der Waals surface area contributed by atoms with Crippen LogP contribution in [0.2, 0.25) is 0 Å². The van der Waals surface area contributed by atoms with Gasteiger partial charge in [0.15, 0.2) is 0 Å². The van der Waals surface area contributed by atoms with Crippen molar-refractivity contribution >= 4 is 9.39 Å². The highest BCUT2D eigenvalue weighted by molar-refractivity contribution is 7.14. The standard InChI is InChI=1S/C10H11N2O2P/c11-6-7-5-10(13)12(15)9-2-4-14-3-1-8(7)9/h5H,1-4,15H2. The Labute approximate surface area is 89.7 Å². The first-order chi connectivity index (χ1) is 7.24. The molecule has 78 valence electrons. The summed E-state index contributed by atoms with van der Waals surface area (Å²) in [5, 5.41) is 8.96. The van der Waals surface area contributed by atoms with Gasteiger partial charge in [0.05, 0.1) is 24.8 Å². The van der Waals surface area contributed by atoms with Gasteiger partial charge < -0.3 is 4.74 Å². The maximum absolute atomic E-state index is 11.5. The second-order valence-electron chi connectivity index (χ2n) is 3.42. The molecule has 15 heavy (non-hydrogen) atoms. The normalized spacial score (nSPS) is 15.2. The lowest BCUT2D eigenvalue weighted by Crippen LogP contribution is -2.19. The van der Waals surface area contributed by atoms with E-state index in [1.165, 1.54) is 10.4 Å². The van der Waals surface area contributed by atoms with Crippen LogP contribution in [-0.2, 0) is 17.6 Å². The summed E-state index contributed by atoms with van der Waals surface area (Å²) in [6.07, 6.45) is 1.39. The second-order valence-corrected chi connectivity index (χ2v) is 3.93. The third-order valence-corrected chi connectivity index (χ3v) is 3.14. The maximum atomic E-state index is 11.5. The number of aromatic nitrogens is 1. The lowest BCUT2D eigenvalue weighted by molar-refractivity contribution is 0.146. The topological polar surface area (TPSA) is 55.0 Å². The monoisotopic (exact) mass is 222 g/mol. The van der Waals surface area contributed by atoms with Crippen LogP contribution in [0.4, 0.5) is 0 Å². The Morgan fingerprint density at radius 2 is 2.20 bits per heavy atom. The minimum atomic E-state index is -0.155. The molecule has 1 aromatic rings. The fraction of sp³-hybridized carbons (Fsp3) is 0.400. The first-order valence-electron chi connectivity index (χ1n) is 4.74. The number of nitrogens with zero attached hydrogens (tertiary/aromatic N) is 2. The summed E-state index contributed by atoms with van der Waals surface area (Å²) in [4.78, 5) is 11.5. The smallest absolute Gasteiger partial charge is 0.254 e. The first kappa shape index (κ1) is 10.4. The fourth-order valence-corrected chi connectivity index (χ4v) is 2.17. The number of pyridine rings is 1. The number of fused-ring (bicyclic) bond motifs is 1. The van der Waals surface area contributed by atoms with Gasteiger partial charge in [-0.2, -0.15) is 5.26 Å². The Bertz CT molecular complexity index is 487. The lowest BCUT2D eigenvalue weighted by atomic mass is 10.0. The predicted octanol–water partition coefficient (Wildman–Crippen LogP) is 0.473. The third kappa shape index (κ3) is 1.81. The molecule has 2 heterocycles. The van der Waals surface area contributed by atoms with Gasteiger partial charge in [0.1, 0.15) is 0 Å². The summed E-state index contributed by atoms with van der Waals surface area (Å²) in [5.41, 5.74) is 2.18. The van der Waals surface area contributed by atoms with Gasteiger partial charge in [0, 0.05) is 18.2 Å². The molecule has 0 saturated carbocycles. The molecular weight excluding hydrogens is 211 g/mol. The summed E-state index contributed by atoms with van der Waals surface area (Å²) in [5.74, 6) is 0.